The second-order valence-electron chi connectivity index (χ2n) is 2.41. The molecule has 1 aromatic rings. The Labute approximate surface area is 89.4 Å². The Balaban J connectivity index is 2.82. The number of rotatable bonds is 3. The summed E-state index contributed by atoms with van der Waals surface area (Å²) in [5, 5.41) is 0. The monoisotopic (exact) mass is 292 g/mol. The SMILES string of the molecule is COc1ccccc1CC(Br)Br. The lowest BCUT2D eigenvalue weighted by atomic mass is 10.1. The van der Waals surface area contributed by atoms with Crippen molar-refractivity contribution in [1.29, 1.82) is 0 Å². The van der Waals surface area contributed by atoms with Gasteiger partial charge in [-0.05, 0) is 18.1 Å². The molecule has 0 amide bonds. The highest BCUT2D eigenvalue weighted by Crippen LogP contribution is 2.23. The summed E-state index contributed by atoms with van der Waals surface area (Å²) in [4.78, 5) is 0. The van der Waals surface area contributed by atoms with Gasteiger partial charge in [-0.2, -0.15) is 0 Å². The second kappa shape index (κ2) is 4.87. The smallest absolute Gasteiger partial charge is 0.122 e. The molecule has 0 aromatic heterocycles. The molecule has 0 spiro atoms. The van der Waals surface area contributed by atoms with Crippen LogP contribution in [0.25, 0.3) is 0 Å². The Kier molecular flexibility index (Phi) is 4.09. The van der Waals surface area contributed by atoms with Crippen LogP contribution in [0.2, 0.25) is 0 Å². The average molecular weight is 294 g/mol. The zero-order chi connectivity index (χ0) is 8.97. The number of alkyl halides is 2. The third-order valence-electron chi connectivity index (χ3n) is 1.57. The standard InChI is InChI=1S/C9H10Br2O/c1-12-8-5-3-2-4-7(8)6-9(10)11/h2-5,9H,6H2,1H3. The van der Waals surface area contributed by atoms with Gasteiger partial charge in [0.25, 0.3) is 0 Å². The third kappa shape index (κ3) is 2.79. The van der Waals surface area contributed by atoms with Crippen molar-refractivity contribution in [3.8, 4) is 5.75 Å². The molecule has 0 aliphatic rings. The maximum atomic E-state index is 5.20. The fraction of sp³-hybridized carbons (Fsp3) is 0.333. The van der Waals surface area contributed by atoms with Crippen molar-refractivity contribution in [3.63, 3.8) is 0 Å². The number of halogens is 2. The Morgan fingerprint density at radius 3 is 2.58 bits per heavy atom. The molecule has 0 fully saturated rings. The van der Waals surface area contributed by atoms with Gasteiger partial charge in [-0.1, -0.05) is 50.1 Å². The zero-order valence-electron chi connectivity index (χ0n) is 6.76. The number of para-hydroxylation sites is 1. The Bertz CT molecular complexity index is 248. The summed E-state index contributed by atoms with van der Waals surface area (Å²) in [5.41, 5.74) is 1.21. The van der Waals surface area contributed by atoms with Crippen molar-refractivity contribution in [2.24, 2.45) is 0 Å². The van der Waals surface area contributed by atoms with E-state index >= 15 is 0 Å². The van der Waals surface area contributed by atoms with Gasteiger partial charge in [0.2, 0.25) is 0 Å². The molecule has 0 saturated carbocycles. The van der Waals surface area contributed by atoms with Gasteiger partial charge in [0.05, 0.1) is 10.8 Å². The molecule has 0 atom stereocenters. The van der Waals surface area contributed by atoms with Crippen LogP contribution in [0.15, 0.2) is 24.3 Å². The maximum Gasteiger partial charge on any atom is 0.122 e. The lowest BCUT2D eigenvalue weighted by Crippen LogP contribution is -1.96. The van der Waals surface area contributed by atoms with E-state index in [1.165, 1.54) is 5.56 Å². The minimum absolute atomic E-state index is 0.307. The number of hydrogen-bond donors (Lipinski definition) is 0. The predicted octanol–water partition coefficient (Wildman–Crippen LogP) is 3.35. The summed E-state index contributed by atoms with van der Waals surface area (Å²) in [6.07, 6.45) is 0.921. The van der Waals surface area contributed by atoms with E-state index in [1.807, 2.05) is 18.2 Å². The van der Waals surface area contributed by atoms with E-state index in [4.69, 9.17) is 4.74 Å². The highest BCUT2D eigenvalue weighted by molar-refractivity contribution is 9.24. The molecular formula is C9H10Br2O. The van der Waals surface area contributed by atoms with Crippen LogP contribution in [0.3, 0.4) is 0 Å². The Hall–Kier alpha value is -0.0200. The van der Waals surface area contributed by atoms with Crippen LogP contribution in [-0.4, -0.2) is 10.8 Å². The summed E-state index contributed by atoms with van der Waals surface area (Å²) in [6, 6.07) is 8.02. The van der Waals surface area contributed by atoms with Crippen molar-refractivity contribution in [2.45, 2.75) is 10.2 Å². The summed E-state index contributed by atoms with van der Waals surface area (Å²) < 4.78 is 5.51. The molecule has 1 rings (SSSR count). The van der Waals surface area contributed by atoms with Gasteiger partial charge in [0.15, 0.2) is 0 Å². The van der Waals surface area contributed by atoms with E-state index in [9.17, 15) is 0 Å². The third-order valence-corrected chi connectivity index (χ3v) is 2.21. The molecule has 0 saturated heterocycles. The summed E-state index contributed by atoms with van der Waals surface area (Å²) in [7, 11) is 1.69. The fourth-order valence-electron chi connectivity index (χ4n) is 1.04. The highest BCUT2D eigenvalue weighted by Gasteiger charge is 2.04. The quantitative estimate of drug-likeness (QED) is 0.777. The van der Waals surface area contributed by atoms with Gasteiger partial charge in [-0.15, -0.1) is 0 Å². The van der Waals surface area contributed by atoms with E-state index in [0.29, 0.717) is 3.74 Å². The van der Waals surface area contributed by atoms with Crippen LogP contribution in [0.1, 0.15) is 5.56 Å². The van der Waals surface area contributed by atoms with Gasteiger partial charge in [-0.25, -0.2) is 0 Å². The number of benzene rings is 1. The van der Waals surface area contributed by atoms with E-state index < -0.39 is 0 Å². The van der Waals surface area contributed by atoms with Crippen LogP contribution < -0.4 is 4.74 Å². The van der Waals surface area contributed by atoms with Crippen LogP contribution in [-0.2, 0) is 6.42 Å². The van der Waals surface area contributed by atoms with E-state index in [2.05, 4.69) is 37.9 Å². The van der Waals surface area contributed by atoms with Crippen molar-refractivity contribution < 1.29 is 4.74 Å². The van der Waals surface area contributed by atoms with E-state index in [-0.39, 0.29) is 0 Å². The lowest BCUT2D eigenvalue weighted by Gasteiger charge is -2.07. The summed E-state index contributed by atoms with van der Waals surface area (Å²) >= 11 is 6.87. The molecule has 0 radical (unpaired) electrons. The summed E-state index contributed by atoms with van der Waals surface area (Å²) in [6.45, 7) is 0. The molecule has 0 unspecified atom stereocenters. The highest BCUT2D eigenvalue weighted by atomic mass is 79.9. The number of hydrogen-bond acceptors (Lipinski definition) is 1. The average Bonchev–Trinajstić information content (AvgIpc) is 2.04. The molecule has 0 heterocycles. The Morgan fingerprint density at radius 1 is 1.33 bits per heavy atom. The van der Waals surface area contributed by atoms with E-state index in [0.717, 1.165) is 12.2 Å². The van der Waals surface area contributed by atoms with Crippen molar-refractivity contribution in [2.75, 3.05) is 7.11 Å². The maximum absolute atomic E-state index is 5.20. The molecule has 0 N–H and O–H groups in total. The number of ether oxygens (including phenoxy) is 1. The van der Waals surface area contributed by atoms with Crippen LogP contribution >= 0.6 is 31.9 Å². The van der Waals surface area contributed by atoms with E-state index in [1.54, 1.807) is 7.11 Å². The normalized spacial score (nSPS) is 10.3. The predicted molar refractivity (Wildman–Crippen MR) is 58.3 cm³/mol. The molecule has 1 aromatic carbocycles. The second-order valence-corrected chi connectivity index (χ2v) is 5.85. The molecule has 3 heteroatoms. The van der Waals surface area contributed by atoms with Crippen LogP contribution in [0, 0.1) is 0 Å². The first-order valence-electron chi connectivity index (χ1n) is 3.64. The molecule has 0 bridgehead atoms. The number of methoxy groups -OCH3 is 1. The Morgan fingerprint density at radius 2 is 2.00 bits per heavy atom. The van der Waals surface area contributed by atoms with Crippen molar-refractivity contribution in [1.82, 2.24) is 0 Å². The molecule has 66 valence electrons. The molecule has 12 heavy (non-hydrogen) atoms. The van der Waals surface area contributed by atoms with Gasteiger partial charge in [-0.3, -0.25) is 0 Å². The molecular weight excluding hydrogens is 284 g/mol. The summed E-state index contributed by atoms with van der Waals surface area (Å²) in [5.74, 6) is 0.946. The first kappa shape index (κ1) is 10.1. The first-order valence-corrected chi connectivity index (χ1v) is 5.47. The molecule has 0 aliphatic carbocycles. The lowest BCUT2D eigenvalue weighted by molar-refractivity contribution is 0.410. The first-order chi connectivity index (χ1) is 5.74. The van der Waals surface area contributed by atoms with Crippen molar-refractivity contribution in [3.05, 3.63) is 29.8 Å². The zero-order valence-corrected chi connectivity index (χ0v) is 9.93. The largest absolute Gasteiger partial charge is 0.496 e. The van der Waals surface area contributed by atoms with Crippen LogP contribution in [0.4, 0.5) is 0 Å². The van der Waals surface area contributed by atoms with Gasteiger partial charge in [0, 0.05) is 0 Å². The minimum Gasteiger partial charge on any atom is -0.496 e. The molecule has 0 aliphatic heterocycles. The van der Waals surface area contributed by atoms with Gasteiger partial charge < -0.3 is 4.74 Å². The van der Waals surface area contributed by atoms with Crippen LogP contribution in [0.5, 0.6) is 5.75 Å². The minimum atomic E-state index is 0.307. The molecule has 1 nitrogen and oxygen atoms in total. The van der Waals surface area contributed by atoms with Crippen molar-refractivity contribution >= 4 is 31.9 Å². The topological polar surface area (TPSA) is 9.23 Å². The van der Waals surface area contributed by atoms with Gasteiger partial charge >= 0.3 is 0 Å². The fourth-order valence-corrected chi connectivity index (χ4v) is 1.74. The van der Waals surface area contributed by atoms with Gasteiger partial charge in [0.1, 0.15) is 5.75 Å².